The second-order valence-electron chi connectivity index (χ2n) is 9.52. The largest absolute Gasteiger partial charge is 0.457 e. The average Bonchev–Trinajstić information content (AvgIpc) is 2.92. The van der Waals surface area contributed by atoms with Gasteiger partial charge in [-0.25, -0.2) is 9.59 Å². The molecule has 0 aromatic heterocycles. The molecule has 0 heterocycles. The number of urea groups is 2. The van der Waals surface area contributed by atoms with Crippen LogP contribution >= 0.6 is 0 Å². The Labute approximate surface area is 229 Å². The Morgan fingerprint density at radius 1 is 0.769 bits per heavy atom. The van der Waals surface area contributed by atoms with Crippen LogP contribution in [0.25, 0.3) is 0 Å². The molecule has 0 atom stereocenters. The van der Waals surface area contributed by atoms with Crippen LogP contribution in [0.2, 0.25) is 0 Å². The van der Waals surface area contributed by atoms with Crippen molar-refractivity contribution in [3.63, 3.8) is 0 Å². The van der Waals surface area contributed by atoms with E-state index in [0.29, 0.717) is 28.7 Å². The third-order valence-electron chi connectivity index (χ3n) is 6.10. The summed E-state index contributed by atoms with van der Waals surface area (Å²) in [5, 5.41) is 8.64. The van der Waals surface area contributed by atoms with Crippen LogP contribution in [0.1, 0.15) is 30.9 Å². The van der Waals surface area contributed by atoms with E-state index in [1.807, 2.05) is 110 Å². The van der Waals surface area contributed by atoms with E-state index in [4.69, 9.17) is 4.74 Å². The third kappa shape index (κ3) is 8.10. The molecule has 0 spiro atoms. The lowest BCUT2D eigenvalue weighted by Crippen LogP contribution is -2.42. The van der Waals surface area contributed by atoms with Crippen molar-refractivity contribution in [1.82, 2.24) is 5.32 Å². The van der Waals surface area contributed by atoms with Crippen molar-refractivity contribution in [2.75, 3.05) is 28.6 Å². The average molecular weight is 523 g/mol. The molecule has 0 aliphatic rings. The highest BCUT2D eigenvalue weighted by atomic mass is 16.5. The first-order valence-corrected chi connectivity index (χ1v) is 13.0. The zero-order chi connectivity index (χ0) is 27.6. The number of benzene rings is 4. The van der Waals surface area contributed by atoms with Gasteiger partial charge in [-0.2, -0.15) is 0 Å². The van der Waals surface area contributed by atoms with Crippen molar-refractivity contribution in [3.8, 4) is 11.5 Å². The second kappa shape index (κ2) is 13.1. The molecule has 0 radical (unpaired) electrons. The minimum atomic E-state index is -0.335. The summed E-state index contributed by atoms with van der Waals surface area (Å²) in [6, 6.07) is 31.5. The van der Waals surface area contributed by atoms with Gasteiger partial charge in [0.15, 0.2) is 0 Å². The Hall–Kier alpha value is -4.78. The molecule has 7 nitrogen and oxygen atoms in total. The normalized spacial score (nSPS) is 10.6. The molecule has 0 aliphatic carbocycles. The summed E-state index contributed by atoms with van der Waals surface area (Å²) in [7, 11) is 0. The lowest BCUT2D eigenvalue weighted by Gasteiger charge is -2.24. The Kier molecular flexibility index (Phi) is 9.19. The number of hydrogen-bond donors (Lipinski definition) is 3. The van der Waals surface area contributed by atoms with Crippen molar-refractivity contribution in [2.24, 2.45) is 0 Å². The van der Waals surface area contributed by atoms with Gasteiger partial charge >= 0.3 is 12.1 Å². The van der Waals surface area contributed by atoms with Gasteiger partial charge in [0.2, 0.25) is 0 Å². The maximum atomic E-state index is 13.3. The molecule has 4 rings (SSSR count). The number of hydrogen-bond acceptors (Lipinski definition) is 3. The minimum absolute atomic E-state index is 0.249. The van der Waals surface area contributed by atoms with Gasteiger partial charge < -0.3 is 20.7 Å². The van der Waals surface area contributed by atoms with E-state index in [0.717, 1.165) is 11.3 Å². The summed E-state index contributed by atoms with van der Waals surface area (Å²) < 4.78 is 5.89. The Balaban J connectivity index is 1.41. The van der Waals surface area contributed by atoms with Gasteiger partial charge in [0.1, 0.15) is 11.5 Å². The topological polar surface area (TPSA) is 82.7 Å². The second-order valence-corrected chi connectivity index (χ2v) is 9.52. The van der Waals surface area contributed by atoms with Crippen LogP contribution in [-0.4, -0.2) is 25.2 Å². The summed E-state index contributed by atoms with van der Waals surface area (Å²) in [6.45, 7) is 6.73. The molecule has 0 saturated heterocycles. The summed E-state index contributed by atoms with van der Waals surface area (Å²) in [6.07, 6.45) is 0. The number of nitrogens with zero attached hydrogens (tertiary/aromatic N) is 1. The number of carbonyl (C=O) groups excluding carboxylic acids is 2. The molecule has 39 heavy (non-hydrogen) atoms. The molecule has 4 aromatic carbocycles. The number of ether oxygens (including phenoxy) is 1. The van der Waals surface area contributed by atoms with E-state index in [2.05, 4.69) is 29.8 Å². The van der Waals surface area contributed by atoms with Crippen LogP contribution < -0.4 is 25.6 Å². The van der Waals surface area contributed by atoms with Gasteiger partial charge in [-0.3, -0.25) is 4.90 Å². The van der Waals surface area contributed by atoms with E-state index in [1.54, 1.807) is 4.90 Å². The number of rotatable bonds is 9. The molecule has 0 bridgehead atoms. The van der Waals surface area contributed by atoms with Gasteiger partial charge in [-0.1, -0.05) is 56.3 Å². The summed E-state index contributed by atoms with van der Waals surface area (Å²) in [5.74, 6) is 1.81. The summed E-state index contributed by atoms with van der Waals surface area (Å²) in [5.41, 5.74) is 4.33. The first-order chi connectivity index (χ1) is 18.9. The van der Waals surface area contributed by atoms with Crippen LogP contribution in [0.3, 0.4) is 0 Å². The van der Waals surface area contributed by atoms with Gasteiger partial charge in [0, 0.05) is 30.2 Å². The fraction of sp³-hybridized carbons (Fsp3) is 0.188. The maximum absolute atomic E-state index is 13.3. The SMILES string of the molecule is Cc1cccc(NC(=O)N(CCNC(=O)Nc2ccc(C(C)C)cc2)c2ccc(Oc3ccccc3)cc2)c1. The van der Waals surface area contributed by atoms with Crippen LogP contribution in [-0.2, 0) is 0 Å². The zero-order valence-electron chi connectivity index (χ0n) is 22.5. The van der Waals surface area contributed by atoms with E-state index < -0.39 is 0 Å². The first-order valence-electron chi connectivity index (χ1n) is 13.0. The highest BCUT2D eigenvalue weighted by Gasteiger charge is 2.17. The molecular weight excluding hydrogens is 488 g/mol. The number of carbonyl (C=O) groups is 2. The van der Waals surface area contributed by atoms with Gasteiger partial charge in [0.25, 0.3) is 0 Å². The molecule has 4 amide bonds. The van der Waals surface area contributed by atoms with E-state index in [1.165, 1.54) is 5.56 Å². The monoisotopic (exact) mass is 522 g/mol. The number of aryl methyl sites for hydroxylation is 1. The molecule has 0 unspecified atom stereocenters. The number of anilines is 3. The molecule has 200 valence electrons. The Bertz CT molecular complexity index is 1370. The van der Waals surface area contributed by atoms with E-state index >= 15 is 0 Å². The van der Waals surface area contributed by atoms with Crippen LogP contribution in [0.5, 0.6) is 11.5 Å². The predicted octanol–water partition coefficient (Wildman–Crippen LogP) is 7.77. The summed E-state index contributed by atoms with van der Waals surface area (Å²) >= 11 is 0. The predicted molar refractivity (Wildman–Crippen MR) is 158 cm³/mol. The highest BCUT2D eigenvalue weighted by Crippen LogP contribution is 2.25. The van der Waals surface area contributed by atoms with Gasteiger partial charge in [0.05, 0.1) is 0 Å². The standard InChI is InChI=1S/C32H34N4O3/c1-23(2)25-12-14-26(15-13-25)34-31(37)33-20-21-36(32(38)35-27-9-7-8-24(3)22-27)28-16-18-30(19-17-28)39-29-10-5-4-6-11-29/h4-19,22-23H,20-21H2,1-3H3,(H,35,38)(H2,33,34,37). The molecule has 0 saturated carbocycles. The summed E-state index contributed by atoms with van der Waals surface area (Å²) in [4.78, 5) is 27.4. The third-order valence-corrected chi connectivity index (χ3v) is 6.10. The van der Waals surface area contributed by atoms with Crippen LogP contribution in [0.4, 0.5) is 26.7 Å². The van der Waals surface area contributed by atoms with Gasteiger partial charge in [-0.05, 0) is 84.6 Å². The van der Waals surface area contributed by atoms with Crippen molar-refractivity contribution in [1.29, 1.82) is 0 Å². The van der Waals surface area contributed by atoms with Crippen LogP contribution in [0, 0.1) is 6.92 Å². The molecule has 0 fully saturated rings. The quantitative estimate of drug-likeness (QED) is 0.210. The fourth-order valence-corrected chi connectivity index (χ4v) is 3.99. The van der Waals surface area contributed by atoms with Crippen molar-refractivity contribution >= 4 is 29.1 Å². The maximum Gasteiger partial charge on any atom is 0.326 e. The number of para-hydroxylation sites is 1. The Morgan fingerprint density at radius 3 is 2.13 bits per heavy atom. The molecule has 7 heteroatoms. The first kappa shape index (κ1) is 27.3. The van der Waals surface area contributed by atoms with E-state index in [9.17, 15) is 9.59 Å². The van der Waals surface area contributed by atoms with Crippen molar-refractivity contribution in [2.45, 2.75) is 26.7 Å². The highest BCUT2D eigenvalue weighted by molar-refractivity contribution is 6.02. The van der Waals surface area contributed by atoms with Crippen molar-refractivity contribution < 1.29 is 14.3 Å². The molecule has 4 aromatic rings. The number of nitrogens with one attached hydrogen (secondary N) is 3. The Morgan fingerprint density at radius 2 is 1.46 bits per heavy atom. The van der Waals surface area contributed by atoms with Crippen LogP contribution in [0.15, 0.2) is 103 Å². The number of amides is 4. The van der Waals surface area contributed by atoms with E-state index in [-0.39, 0.29) is 25.2 Å². The zero-order valence-corrected chi connectivity index (χ0v) is 22.5. The van der Waals surface area contributed by atoms with Crippen molar-refractivity contribution in [3.05, 3.63) is 114 Å². The molecule has 3 N–H and O–H groups in total. The molecule has 0 aliphatic heterocycles. The fourth-order valence-electron chi connectivity index (χ4n) is 3.99. The van der Waals surface area contributed by atoms with Gasteiger partial charge in [-0.15, -0.1) is 0 Å². The molecular formula is C32H34N4O3. The smallest absolute Gasteiger partial charge is 0.326 e. The minimum Gasteiger partial charge on any atom is -0.457 e. The lowest BCUT2D eigenvalue weighted by molar-refractivity contribution is 0.250. The lowest BCUT2D eigenvalue weighted by atomic mass is 10.0.